The van der Waals surface area contributed by atoms with Gasteiger partial charge in [0.15, 0.2) is 0 Å². The largest absolute Gasteiger partial charge is 0.496 e. The molecule has 0 unspecified atom stereocenters. The molecule has 0 radical (unpaired) electrons. The summed E-state index contributed by atoms with van der Waals surface area (Å²) in [5.74, 6) is 0.105. The maximum Gasteiger partial charge on any atom is 0.255 e. The van der Waals surface area contributed by atoms with E-state index >= 15 is 0 Å². The fraction of sp³-hybridized carbons (Fsp3) is 0.250. The van der Waals surface area contributed by atoms with Crippen LogP contribution < -0.4 is 25.4 Å². The molecule has 2 aromatic carbocycles. The molecule has 3 N–H and O–H groups in total. The molecular weight excluding hydrogens is 362 g/mol. The summed E-state index contributed by atoms with van der Waals surface area (Å²) < 4.78 is 10.3. The minimum Gasteiger partial charge on any atom is -0.496 e. The third-order valence-corrected chi connectivity index (χ3v) is 3.78. The summed E-state index contributed by atoms with van der Waals surface area (Å²) in [5, 5.41) is 8.05. The number of nitrogens with one attached hydrogen (secondary N) is 3. The number of carbonyl (C=O) groups excluding carboxylic acids is 3. The first-order valence-corrected chi connectivity index (χ1v) is 8.61. The topological polar surface area (TPSA) is 106 Å². The van der Waals surface area contributed by atoms with Gasteiger partial charge >= 0.3 is 0 Å². The second-order valence-corrected chi connectivity index (χ2v) is 5.85. The van der Waals surface area contributed by atoms with Gasteiger partial charge in [0.05, 0.1) is 25.5 Å². The van der Waals surface area contributed by atoms with Gasteiger partial charge in [-0.3, -0.25) is 14.4 Å². The van der Waals surface area contributed by atoms with Crippen molar-refractivity contribution in [3.63, 3.8) is 0 Å². The lowest BCUT2D eigenvalue weighted by molar-refractivity contribution is -0.116. The molecule has 2 rings (SSSR count). The van der Waals surface area contributed by atoms with Crippen molar-refractivity contribution in [2.75, 3.05) is 31.4 Å². The highest BCUT2D eigenvalue weighted by Crippen LogP contribution is 2.27. The Bertz CT molecular complexity index is 867. The monoisotopic (exact) mass is 385 g/mol. The van der Waals surface area contributed by atoms with E-state index in [1.54, 1.807) is 42.5 Å². The molecule has 0 saturated carbocycles. The van der Waals surface area contributed by atoms with Gasteiger partial charge in [0, 0.05) is 25.6 Å². The zero-order chi connectivity index (χ0) is 20.5. The number of carbonyl (C=O) groups is 3. The first-order valence-electron chi connectivity index (χ1n) is 8.61. The molecule has 2 aromatic rings. The molecule has 3 amide bonds. The average Bonchev–Trinajstić information content (AvgIpc) is 2.67. The van der Waals surface area contributed by atoms with E-state index in [0.29, 0.717) is 28.4 Å². The Morgan fingerprint density at radius 3 is 2.32 bits per heavy atom. The van der Waals surface area contributed by atoms with E-state index in [1.165, 1.54) is 21.1 Å². The van der Waals surface area contributed by atoms with E-state index < -0.39 is 0 Å². The average molecular weight is 385 g/mol. The maximum atomic E-state index is 12.2. The highest BCUT2D eigenvalue weighted by Gasteiger charge is 2.12. The zero-order valence-corrected chi connectivity index (χ0v) is 16.0. The molecule has 0 aliphatic carbocycles. The van der Waals surface area contributed by atoms with Crippen molar-refractivity contribution >= 4 is 29.1 Å². The van der Waals surface area contributed by atoms with Crippen LogP contribution in [-0.4, -0.2) is 38.5 Å². The van der Waals surface area contributed by atoms with Crippen LogP contribution in [0.25, 0.3) is 0 Å². The summed E-state index contributed by atoms with van der Waals surface area (Å²) in [5.41, 5.74) is 1.36. The van der Waals surface area contributed by atoms with Gasteiger partial charge in [-0.25, -0.2) is 0 Å². The van der Waals surface area contributed by atoms with E-state index in [0.717, 1.165) is 0 Å². The molecule has 28 heavy (non-hydrogen) atoms. The molecule has 8 nitrogen and oxygen atoms in total. The van der Waals surface area contributed by atoms with E-state index in [1.807, 2.05) is 0 Å². The molecule has 0 aromatic heterocycles. The Kier molecular flexibility index (Phi) is 7.38. The highest BCUT2D eigenvalue weighted by molar-refractivity contribution is 5.98. The molecule has 0 atom stereocenters. The standard InChI is InChI=1S/C20H23N3O5/c1-13(24)22-16-12-14(8-9-18(16)28-3)23-19(25)10-11-21-20(26)15-6-4-5-7-17(15)27-2/h4-9,12H,10-11H2,1-3H3,(H,21,26)(H,22,24)(H,23,25). The Morgan fingerprint density at radius 1 is 0.929 bits per heavy atom. The van der Waals surface area contributed by atoms with Gasteiger partial charge in [0.2, 0.25) is 11.8 Å². The first-order chi connectivity index (χ1) is 13.4. The summed E-state index contributed by atoms with van der Waals surface area (Å²) in [6, 6.07) is 11.8. The maximum absolute atomic E-state index is 12.2. The van der Waals surface area contributed by atoms with Crippen LogP contribution in [0.5, 0.6) is 11.5 Å². The van der Waals surface area contributed by atoms with Crippen molar-refractivity contribution in [3.8, 4) is 11.5 Å². The molecule has 0 bridgehead atoms. The predicted octanol–water partition coefficient (Wildman–Crippen LogP) is 2.42. The van der Waals surface area contributed by atoms with Gasteiger partial charge in [-0.05, 0) is 30.3 Å². The predicted molar refractivity (Wildman–Crippen MR) is 106 cm³/mol. The number of rotatable bonds is 8. The minimum atomic E-state index is -0.317. The Hall–Kier alpha value is -3.55. The Labute approximate surface area is 163 Å². The van der Waals surface area contributed by atoms with Crippen molar-refractivity contribution < 1.29 is 23.9 Å². The number of anilines is 2. The third-order valence-electron chi connectivity index (χ3n) is 3.78. The molecule has 0 saturated heterocycles. The Morgan fingerprint density at radius 2 is 1.64 bits per heavy atom. The molecule has 8 heteroatoms. The van der Waals surface area contributed by atoms with Gasteiger partial charge < -0.3 is 25.4 Å². The van der Waals surface area contributed by atoms with E-state index in [2.05, 4.69) is 16.0 Å². The number of benzene rings is 2. The normalized spacial score (nSPS) is 9.96. The highest BCUT2D eigenvalue weighted by atomic mass is 16.5. The van der Waals surface area contributed by atoms with Crippen LogP contribution in [0.15, 0.2) is 42.5 Å². The smallest absolute Gasteiger partial charge is 0.255 e. The molecule has 0 spiro atoms. The van der Waals surface area contributed by atoms with Crippen LogP contribution in [0, 0.1) is 0 Å². The van der Waals surface area contributed by atoms with E-state index in [4.69, 9.17) is 9.47 Å². The van der Waals surface area contributed by atoms with Gasteiger partial charge in [0.1, 0.15) is 11.5 Å². The second kappa shape index (κ2) is 9.96. The molecular formula is C20H23N3O5. The fourth-order valence-electron chi connectivity index (χ4n) is 2.51. The van der Waals surface area contributed by atoms with Gasteiger partial charge in [-0.1, -0.05) is 12.1 Å². The molecule has 148 valence electrons. The molecule has 0 fully saturated rings. The van der Waals surface area contributed by atoms with Crippen LogP contribution >= 0.6 is 0 Å². The van der Waals surface area contributed by atoms with Crippen molar-refractivity contribution in [2.45, 2.75) is 13.3 Å². The van der Waals surface area contributed by atoms with Crippen LogP contribution in [0.1, 0.15) is 23.7 Å². The minimum absolute atomic E-state index is 0.0857. The van der Waals surface area contributed by atoms with Gasteiger partial charge in [0.25, 0.3) is 5.91 Å². The van der Waals surface area contributed by atoms with Gasteiger partial charge in [-0.2, -0.15) is 0 Å². The molecule has 0 aliphatic rings. The summed E-state index contributed by atoms with van der Waals surface area (Å²) in [7, 11) is 2.98. The van der Waals surface area contributed by atoms with Gasteiger partial charge in [-0.15, -0.1) is 0 Å². The van der Waals surface area contributed by atoms with Crippen molar-refractivity contribution in [2.24, 2.45) is 0 Å². The SMILES string of the molecule is COc1ccc(NC(=O)CCNC(=O)c2ccccc2OC)cc1NC(C)=O. The first kappa shape index (κ1) is 20.8. The van der Waals surface area contributed by atoms with Crippen LogP contribution in [0.3, 0.4) is 0 Å². The summed E-state index contributed by atoms with van der Waals surface area (Å²) in [4.78, 5) is 35.6. The number of ether oxygens (including phenoxy) is 2. The zero-order valence-electron chi connectivity index (χ0n) is 16.0. The fourth-order valence-corrected chi connectivity index (χ4v) is 2.51. The summed E-state index contributed by atoms with van der Waals surface area (Å²) >= 11 is 0. The van der Waals surface area contributed by atoms with E-state index in [-0.39, 0.29) is 30.7 Å². The number of para-hydroxylation sites is 1. The van der Waals surface area contributed by atoms with Crippen molar-refractivity contribution in [3.05, 3.63) is 48.0 Å². The summed E-state index contributed by atoms with van der Waals surface area (Å²) in [6.45, 7) is 1.55. The molecule has 0 aliphatic heterocycles. The van der Waals surface area contributed by atoms with Crippen LogP contribution in [0.2, 0.25) is 0 Å². The van der Waals surface area contributed by atoms with Crippen molar-refractivity contribution in [1.29, 1.82) is 0 Å². The summed E-state index contributed by atoms with van der Waals surface area (Å²) in [6.07, 6.45) is 0.0857. The Balaban J connectivity index is 1.90. The van der Waals surface area contributed by atoms with Crippen LogP contribution in [-0.2, 0) is 9.59 Å². The third kappa shape index (κ3) is 5.73. The van der Waals surface area contributed by atoms with Crippen LogP contribution in [0.4, 0.5) is 11.4 Å². The number of amides is 3. The quantitative estimate of drug-likeness (QED) is 0.647. The lowest BCUT2D eigenvalue weighted by Crippen LogP contribution is -2.28. The second-order valence-electron chi connectivity index (χ2n) is 5.85. The number of hydrogen-bond acceptors (Lipinski definition) is 5. The number of methoxy groups -OCH3 is 2. The van der Waals surface area contributed by atoms with E-state index in [9.17, 15) is 14.4 Å². The lowest BCUT2D eigenvalue weighted by atomic mass is 10.2. The lowest BCUT2D eigenvalue weighted by Gasteiger charge is -2.12. The van der Waals surface area contributed by atoms with Crippen molar-refractivity contribution in [1.82, 2.24) is 5.32 Å². The molecule has 0 heterocycles. The number of hydrogen-bond donors (Lipinski definition) is 3.